The minimum atomic E-state index is -2.03. The van der Waals surface area contributed by atoms with E-state index in [1.807, 2.05) is 25.3 Å². The number of ether oxygens (including phenoxy) is 1. The molecule has 1 aromatic rings. The van der Waals surface area contributed by atoms with Gasteiger partial charge in [0.25, 0.3) is 0 Å². The van der Waals surface area contributed by atoms with Crippen LogP contribution in [0.1, 0.15) is 51.0 Å². The molecule has 7 heteroatoms. The molecule has 0 bridgehead atoms. The van der Waals surface area contributed by atoms with Gasteiger partial charge in [0.15, 0.2) is 8.32 Å². The minimum Gasteiger partial charge on any atom is -0.410 e. The van der Waals surface area contributed by atoms with E-state index in [1.54, 1.807) is 10.6 Å². The maximum atomic E-state index is 13.4. The summed E-state index contributed by atoms with van der Waals surface area (Å²) in [5.41, 5.74) is 0.142. The van der Waals surface area contributed by atoms with Crippen molar-refractivity contribution in [2.24, 2.45) is 0 Å². The summed E-state index contributed by atoms with van der Waals surface area (Å²) in [6.07, 6.45) is 4.19. The molecule has 5 nitrogen and oxygen atoms in total. The Kier molecular flexibility index (Phi) is 8.02. The van der Waals surface area contributed by atoms with Crippen LogP contribution in [0, 0.1) is 0 Å². The highest BCUT2D eigenvalue weighted by Crippen LogP contribution is 2.41. The average molecular weight is 466 g/mol. The van der Waals surface area contributed by atoms with Gasteiger partial charge in [0.2, 0.25) is 5.78 Å². The fourth-order valence-corrected chi connectivity index (χ4v) is 5.47. The van der Waals surface area contributed by atoms with E-state index in [1.165, 1.54) is 0 Å². The summed E-state index contributed by atoms with van der Waals surface area (Å²) >= 11 is 0. The van der Waals surface area contributed by atoms with Crippen molar-refractivity contribution >= 4 is 22.2 Å². The van der Waals surface area contributed by atoms with Gasteiger partial charge in [0, 0.05) is 33.7 Å². The molecular formula is C24H43NO4Si2. The van der Waals surface area contributed by atoms with Gasteiger partial charge in [-0.3, -0.25) is 4.79 Å². The lowest BCUT2D eigenvalue weighted by molar-refractivity contribution is 0.00330. The molecule has 0 aromatic carbocycles. The Morgan fingerprint density at radius 3 is 2.48 bits per heavy atom. The highest BCUT2D eigenvalue weighted by molar-refractivity contribution is 6.76. The average Bonchev–Trinajstić information content (AvgIpc) is 3.07. The van der Waals surface area contributed by atoms with Crippen LogP contribution in [-0.4, -0.2) is 50.2 Å². The molecule has 31 heavy (non-hydrogen) atoms. The molecule has 0 saturated carbocycles. The first kappa shape index (κ1) is 26.3. The number of carbonyl (C=O) groups is 1. The number of hydrogen-bond donors (Lipinski definition) is 1. The number of aromatic nitrogens is 1. The molecule has 1 aliphatic rings. The molecule has 1 aliphatic carbocycles. The zero-order chi connectivity index (χ0) is 23.7. The van der Waals surface area contributed by atoms with Crippen LogP contribution >= 0.6 is 0 Å². The SMILES string of the molecule is CC1=CC[C@](O)(C(=O)c2cccn2COCC[Si](C)(C)C)C[C@H]1O[Si](C)(C)C(C)(C)C. The van der Waals surface area contributed by atoms with Crippen LogP contribution in [-0.2, 0) is 15.9 Å². The normalized spacial score (nSPS) is 23.0. The molecule has 1 aromatic heterocycles. The molecule has 0 aliphatic heterocycles. The standard InChI is InChI=1S/C24H43NO4Si2/c1-19-12-13-24(27,17-21(19)29-31(8,9)23(2,3)4)22(26)20-11-10-14-25(20)18-28-15-16-30(5,6)7/h10-12,14,21,27H,13,15-18H2,1-9H3/t21-,24-/m1/s1. The zero-order valence-corrected chi connectivity index (χ0v) is 23.0. The van der Waals surface area contributed by atoms with E-state index < -0.39 is 22.0 Å². The number of nitrogens with zero attached hydrogens (tertiary/aromatic N) is 1. The van der Waals surface area contributed by atoms with Crippen LogP contribution in [0.2, 0.25) is 43.8 Å². The van der Waals surface area contributed by atoms with Gasteiger partial charge in [-0.25, -0.2) is 0 Å². The van der Waals surface area contributed by atoms with Crippen LogP contribution in [0.3, 0.4) is 0 Å². The van der Waals surface area contributed by atoms with E-state index in [-0.39, 0.29) is 16.9 Å². The number of hydrogen-bond acceptors (Lipinski definition) is 4. The summed E-state index contributed by atoms with van der Waals surface area (Å²) in [4.78, 5) is 13.4. The van der Waals surface area contributed by atoms with Gasteiger partial charge in [-0.1, -0.05) is 46.5 Å². The quantitative estimate of drug-likeness (QED) is 0.215. The predicted molar refractivity (Wildman–Crippen MR) is 133 cm³/mol. The number of Topliss-reactive ketones (excluding diaryl/α,β-unsaturated/α-hetero) is 1. The van der Waals surface area contributed by atoms with Crippen LogP contribution in [0.15, 0.2) is 30.0 Å². The Balaban J connectivity index is 2.13. The van der Waals surface area contributed by atoms with Crippen LogP contribution < -0.4 is 0 Å². The van der Waals surface area contributed by atoms with Crippen molar-refractivity contribution in [3.63, 3.8) is 0 Å². The molecule has 1 N–H and O–H groups in total. The Hall–Kier alpha value is -0.996. The summed E-state index contributed by atoms with van der Waals surface area (Å²) in [5.74, 6) is -0.251. The van der Waals surface area contributed by atoms with Crippen LogP contribution in [0.25, 0.3) is 0 Å². The van der Waals surface area contributed by atoms with Crippen molar-refractivity contribution < 1.29 is 19.1 Å². The Labute approximate surface area is 191 Å². The highest BCUT2D eigenvalue weighted by atomic mass is 28.4. The number of carbonyl (C=O) groups excluding carboxylic acids is 1. The van der Waals surface area contributed by atoms with Crippen molar-refractivity contribution in [2.75, 3.05) is 6.61 Å². The smallest absolute Gasteiger partial charge is 0.211 e. The fraction of sp³-hybridized carbons (Fsp3) is 0.708. The van der Waals surface area contributed by atoms with Crippen molar-refractivity contribution in [1.29, 1.82) is 0 Å². The first-order chi connectivity index (χ1) is 14.1. The topological polar surface area (TPSA) is 60.7 Å². The molecule has 0 amide bonds. The van der Waals surface area contributed by atoms with Crippen LogP contribution in [0.5, 0.6) is 0 Å². The summed E-state index contributed by atoms with van der Waals surface area (Å²) in [6.45, 7) is 21.0. The second-order valence-corrected chi connectivity index (χ2v) is 22.2. The second kappa shape index (κ2) is 9.47. The third-order valence-electron chi connectivity index (χ3n) is 6.75. The monoisotopic (exact) mass is 465 g/mol. The first-order valence-electron chi connectivity index (χ1n) is 11.4. The highest BCUT2D eigenvalue weighted by Gasteiger charge is 2.46. The van der Waals surface area contributed by atoms with E-state index in [0.29, 0.717) is 31.9 Å². The third kappa shape index (κ3) is 6.74. The van der Waals surface area contributed by atoms with E-state index in [9.17, 15) is 9.90 Å². The maximum absolute atomic E-state index is 13.4. The van der Waals surface area contributed by atoms with Gasteiger partial charge >= 0.3 is 0 Å². The second-order valence-electron chi connectivity index (χ2n) is 11.8. The lowest BCUT2D eigenvalue weighted by atomic mass is 9.80. The number of rotatable bonds is 9. The lowest BCUT2D eigenvalue weighted by Gasteiger charge is -2.43. The predicted octanol–water partition coefficient (Wildman–Crippen LogP) is 5.84. The molecule has 0 fully saturated rings. The first-order valence-corrected chi connectivity index (χ1v) is 18.0. The van der Waals surface area contributed by atoms with Gasteiger partial charge in [0.1, 0.15) is 12.3 Å². The Morgan fingerprint density at radius 1 is 1.26 bits per heavy atom. The zero-order valence-electron chi connectivity index (χ0n) is 21.0. The van der Waals surface area contributed by atoms with Crippen molar-refractivity contribution in [3.8, 4) is 0 Å². The van der Waals surface area contributed by atoms with E-state index in [4.69, 9.17) is 9.16 Å². The van der Waals surface area contributed by atoms with E-state index in [2.05, 4.69) is 53.5 Å². The van der Waals surface area contributed by atoms with Gasteiger partial charge in [0.05, 0.1) is 11.8 Å². The summed E-state index contributed by atoms with van der Waals surface area (Å²) < 4.78 is 14.2. The van der Waals surface area contributed by atoms with Crippen LogP contribution in [0.4, 0.5) is 0 Å². The molecule has 0 unspecified atom stereocenters. The van der Waals surface area contributed by atoms with Crippen molar-refractivity contribution in [1.82, 2.24) is 4.57 Å². The van der Waals surface area contributed by atoms with Crippen molar-refractivity contribution in [3.05, 3.63) is 35.7 Å². The summed E-state index contributed by atoms with van der Waals surface area (Å²) in [5, 5.41) is 11.5. The molecule has 2 rings (SSSR count). The van der Waals surface area contributed by atoms with Gasteiger partial charge in [-0.15, -0.1) is 0 Å². The lowest BCUT2D eigenvalue weighted by Crippen LogP contribution is -2.50. The molecule has 2 atom stereocenters. The van der Waals surface area contributed by atoms with E-state index >= 15 is 0 Å². The largest absolute Gasteiger partial charge is 0.410 e. The molecule has 0 radical (unpaired) electrons. The molecule has 176 valence electrons. The Morgan fingerprint density at radius 2 is 1.90 bits per heavy atom. The van der Waals surface area contributed by atoms with Gasteiger partial charge in [-0.05, 0) is 48.8 Å². The molecule has 0 spiro atoms. The van der Waals surface area contributed by atoms with Crippen molar-refractivity contribution in [2.45, 2.75) is 103 Å². The third-order valence-corrected chi connectivity index (χ3v) is 12.9. The molecule has 1 heterocycles. The number of aliphatic hydroxyl groups is 1. The molecule has 0 saturated heterocycles. The van der Waals surface area contributed by atoms with Gasteiger partial charge < -0.3 is 18.8 Å². The Bertz CT molecular complexity index is 801. The van der Waals surface area contributed by atoms with E-state index in [0.717, 1.165) is 11.6 Å². The van der Waals surface area contributed by atoms with Gasteiger partial charge in [-0.2, -0.15) is 0 Å². The maximum Gasteiger partial charge on any atom is 0.211 e. The minimum absolute atomic E-state index is 0.0643. The number of ketones is 1. The fourth-order valence-electron chi connectivity index (χ4n) is 3.38. The molecular weight excluding hydrogens is 422 g/mol. The summed E-state index contributed by atoms with van der Waals surface area (Å²) in [6, 6.07) is 4.70. The summed E-state index contributed by atoms with van der Waals surface area (Å²) in [7, 11) is -3.19.